The van der Waals surface area contributed by atoms with Crippen molar-refractivity contribution in [2.24, 2.45) is 0 Å². The highest BCUT2D eigenvalue weighted by Crippen LogP contribution is 2.17. The summed E-state index contributed by atoms with van der Waals surface area (Å²) in [5, 5.41) is 0. The van der Waals surface area contributed by atoms with Gasteiger partial charge in [-0.1, -0.05) is 30.3 Å². The molecule has 3 heteroatoms. The molecule has 2 aromatic rings. The zero-order valence-electron chi connectivity index (χ0n) is 8.60. The van der Waals surface area contributed by atoms with Gasteiger partial charge in [-0.15, -0.1) is 11.6 Å². The van der Waals surface area contributed by atoms with E-state index < -0.39 is 10.8 Å². The Labute approximate surface area is 103 Å². The summed E-state index contributed by atoms with van der Waals surface area (Å²) in [6.07, 6.45) is 0. The Kier molecular flexibility index (Phi) is 3.75. The molecule has 0 saturated carbocycles. The first-order valence-electron chi connectivity index (χ1n) is 4.93. The van der Waals surface area contributed by atoms with Crippen LogP contribution >= 0.6 is 11.6 Å². The molecular weight excluding hydrogens is 240 g/mol. The van der Waals surface area contributed by atoms with Gasteiger partial charge < -0.3 is 0 Å². The number of benzene rings is 2. The molecule has 0 heterocycles. The minimum absolute atomic E-state index is 0.444. The van der Waals surface area contributed by atoms with Crippen LogP contribution in [0.15, 0.2) is 64.4 Å². The number of hydrogen-bond donors (Lipinski definition) is 0. The van der Waals surface area contributed by atoms with Crippen molar-refractivity contribution in [3.63, 3.8) is 0 Å². The van der Waals surface area contributed by atoms with E-state index in [0.717, 1.165) is 15.4 Å². The number of halogens is 1. The van der Waals surface area contributed by atoms with Crippen molar-refractivity contribution in [2.45, 2.75) is 15.7 Å². The van der Waals surface area contributed by atoms with Gasteiger partial charge in [-0.05, 0) is 29.8 Å². The number of rotatable bonds is 3. The minimum atomic E-state index is -1.12. The fourth-order valence-electron chi connectivity index (χ4n) is 1.42. The number of alkyl halides is 1. The van der Waals surface area contributed by atoms with Gasteiger partial charge in [0.1, 0.15) is 0 Å². The smallest absolute Gasteiger partial charge is 0.0849 e. The first-order chi connectivity index (χ1) is 7.81. The van der Waals surface area contributed by atoms with Gasteiger partial charge >= 0.3 is 0 Å². The predicted molar refractivity (Wildman–Crippen MR) is 67.1 cm³/mol. The highest BCUT2D eigenvalue weighted by Gasteiger charge is 2.06. The quantitative estimate of drug-likeness (QED) is 0.761. The molecule has 0 bridgehead atoms. The Morgan fingerprint density at radius 1 is 0.938 bits per heavy atom. The third kappa shape index (κ3) is 2.52. The minimum Gasteiger partial charge on any atom is -0.249 e. The van der Waals surface area contributed by atoms with Gasteiger partial charge in [0.25, 0.3) is 0 Å². The fraction of sp³-hybridized carbons (Fsp3) is 0.0769. The molecule has 16 heavy (non-hydrogen) atoms. The van der Waals surface area contributed by atoms with E-state index in [1.807, 2.05) is 54.6 Å². The van der Waals surface area contributed by atoms with Crippen molar-refractivity contribution < 1.29 is 4.21 Å². The first kappa shape index (κ1) is 11.4. The van der Waals surface area contributed by atoms with E-state index in [1.165, 1.54) is 0 Å². The summed E-state index contributed by atoms with van der Waals surface area (Å²) < 4.78 is 12.2. The lowest BCUT2D eigenvalue weighted by molar-refractivity contribution is 0.683. The second-order valence-electron chi connectivity index (χ2n) is 3.36. The predicted octanol–water partition coefficient (Wildman–Crippen LogP) is 3.59. The molecule has 82 valence electrons. The molecule has 0 spiro atoms. The molecule has 2 rings (SSSR count). The molecule has 1 atom stereocenters. The average Bonchev–Trinajstić information content (AvgIpc) is 2.39. The van der Waals surface area contributed by atoms with E-state index in [1.54, 1.807) is 0 Å². The van der Waals surface area contributed by atoms with Crippen LogP contribution in [0, 0.1) is 0 Å². The average molecular weight is 251 g/mol. The molecule has 0 aromatic heterocycles. The SMILES string of the molecule is O=S(c1ccccc1)c1cccc(CCl)c1. The normalized spacial score (nSPS) is 12.3. The van der Waals surface area contributed by atoms with Gasteiger partial charge in [0, 0.05) is 15.7 Å². The van der Waals surface area contributed by atoms with Gasteiger partial charge in [-0.2, -0.15) is 0 Å². The van der Waals surface area contributed by atoms with Crippen molar-refractivity contribution in [1.82, 2.24) is 0 Å². The van der Waals surface area contributed by atoms with Crippen molar-refractivity contribution in [3.8, 4) is 0 Å². The molecule has 0 N–H and O–H groups in total. The van der Waals surface area contributed by atoms with Crippen molar-refractivity contribution in [2.75, 3.05) is 0 Å². The molecule has 1 nitrogen and oxygen atoms in total. The van der Waals surface area contributed by atoms with E-state index in [2.05, 4.69) is 0 Å². The summed E-state index contributed by atoms with van der Waals surface area (Å²) in [4.78, 5) is 1.61. The summed E-state index contributed by atoms with van der Waals surface area (Å²) in [5.74, 6) is 0.444. The molecule has 0 aliphatic heterocycles. The van der Waals surface area contributed by atoms with Crippen molar-refractivity contribution in [3.05, 3.63) is 60.2 Å². The van der Waals surface area contributed by atoms with E-state index >= 15 is 0 Å². The summed E-state index contributed by atoms with van der Waals surface area (Å²) in [6.45, 7) is 0. The monoisotopic (exact) mass is 250 g/mol. The Balaban J connectivity index is 2.34. The fourth-order valence-corrected chi connectivity index (χ4v) is 2.73. The van der Waals surface area contributed by atoms with Gasteiger partial charge in [0.15, 0.2) is 0 Å². The first-order valence-corrected chi connectivity index (χ1v) is 6.61. The van der Waals surface area contributed by atoms with Gasteiger partial charge in [0.05, 0.1) is 10.8 Å². The summed E-state index contributed by atoms with van der Waals surface area (Å²) in [5.41, 5.74) is 0.989. The van der Waals surface area contributed by atoms with Crippen LogP contribution in [0.1, 0.15) is 5.56 Å². The third-order valence-corrected chi connectivity index (χ3v) is 3.92. The summed E-state index contributed by atoms with van der Waals surface area (Å²) in [7, 11) is -1.12. The Morgan fingerprint density at radius 2 is 1.62 bits per heavy atom. The lowest BCUT2D eigenvalue weighted by atomic mass is 10.2. The standard InChI is InChI=1S/C13H11ClOS/c14-10-11-5-4-8-13(9-11)16(15)12-6-2-1-3-7-12/h1-9H,10H2. The number of hydrogen-bond acceptors (Lipinski definition) is 1. The lowest BCUT2D eigenvalue weighted by Gasteiger charge is -2.03. The molecule has 1 unspecified atom stereocenters. The van der Waals surface area contributed by atoms with Crippen LogP contribution in [-0.2, 0) is 16.7 Å². The topological polar surface area (TPSA) is 17.1 Å². The highest BCUT2D eigenvalue weighted by atomic mass is 35.5. The van der Waals surface area contributed by atoms with E-state index in [-0.39, 0.29) is 0 Å². The Bertz CT molecular complexity index is 496. The van der Waals surface area contributed by atoms with Crippen LogP contribution in [0.3, 0.4) is 0 Å². The molecule has 2 aromatic carbocycles. The largest absolute Gasteiger partial charge is 0.249 e. The van der Waals surface area contributed by atoms with Crippen molar-refractivity contribution in [1.29, 1.82) is 0 Å². The van der Waals surface area contributed by atoms with E-state index in [0.29, 0.717) is 5.88 Å². The maximum atomic E-state index is 12.2. The lowest BCUT2D eigenvalue weighted by Crippen LogP contribution is -1.93. The van der Waals surface area contributed by atoms with Crippen LogP contribution in [0.25, 0.3) is 0 Å². The Morgan fingerprint density at radius 3 is 2.31 bits per heavy atom. The van der Waals surface area contributed by atoms with Crippen molar-refractivity contribution >= 4 is 22.4 Å². The summed E-state index contributed by atoms with van der Waals surface area (Å²) in [6, 6.07) is 17.0. The third-order valence-electron chi connectivity index (χ3n) is 2.22. The summed E-state index contributed by atoms with van der Waals surface area (Å²) >= 11 is 5.75. The molecule has 0 fully saturated rings. The van der Waals surface area contributed by atoms with Gasteiger partial charge in [-0.3, -0.25) is 0 Å². The molecular formula is C13H11ClOS. The molecule has 0 amide bonds. The zero-order chi connectivity index (χ0) is 11.4. The Hall–Kier alpha value is -1.12. The second-order valence-corrected chi connectivity index (χ2v) is 5.11. The molecule has 0 saturated heterocycles. The van der Waals surface area contributed by atoms with Gasteiger partial charge in [-0.25, -0.2) is 4.21 Å². The van der Waals surface area contributed by atoms with Crippen LogP contribution < -0.4 is 0 Å². The van der Waals surface area contributed by atoms with Crippen LogP contribution in [-0.4, -0.2) is 4.21 Å². The maximum absolute atomic E-state index is 12.2. The molecule has 0 aliphatic carbocycles. The van der Waals surface area contributed by atoms with Crippen LogP contribution in [0.4, 0.5) is 0 Å². The van der Waals surface area contributed by atoms with Crippen LogP contribution in [0.5, 0.6) is 0 Å². The van der Waals surface area contributed by atoms with Crippen LogP contribution in [0.2, 0.25) is 0 Å². The van der Waals surface area contributed by atoms with E-state index in [4.69, 9.17) is 11.6 Å². The highest BCUT2D eigenvalue weighted by molar-refractivity contribution is 7.85. The zero-order valence-corrected chi connectivity index (χ0v) is 10.2. The molecule has 0 aliphatic rings. The second kappa shape index (κ2) is 5.28. The van der Waals surface area contributed by atoms with Gasteiger partial charge in [0.2, 0.25) is 0 Å². The maximum Gasteiger partial charge on any atom is 0.0849 e. The van der Waals surface area contributed by atoms with E-state index in [9.17, 15) is 4.21 Å². The molecule has 0 radical (unpaired) electrons.